The Labute approximate surface area is 384 Å². The lowest BCUT2D eigenvalue weighted by molar-refractivity contribution is -0.162. The second-order valence-corrected chi connectivity index (χ2v) is 17.0. The summed E-state index contributed by atoms with van der Waals surface area (Å²) in [6.45, 7) is 7.51. The van der Waals surface area contributed by atoms with E-state index in [1.807, 2.05) is 6.08 Å². The minimum Gasteiger partial charge on any atom is -0.462 e. The van der Waals surface area contributed by atoms with Gasteiger partial charge in [-0.3, -0.25) is 9.59 Å². The molecule has 0 radical (unpaired) electrons. The number of carbonyl (C=O) groups excluding carboxylic acids is 2. The number of hydrogen-bond donors (Lipinski definition) is 0. The molecule has 0 fully saturated rings. The SMILES string of the molecule is CC/C=C\C/C=C\C/C=C\C/C=C\CCC(=O)OCC(COCCCCCCCCCCCCCCCCCCCCCC)OC(=O)CCCCC/C=C\C/C=C\C/C=C\CC. The van der Waals surface area contributed by atoms with Crippen molar-refractivity contribution in [2.45, 2.75) is 245 Å². The minimum absolute atomic E-state index is 0.0339. The van der Waals surface area contributed by atoms with Gasteiger partial charge in [-0.1, -0.05) is 234 Å². The molecule has 62 heavy (non-hydrogen) atoms. The zero-order valence-electron chi connectivity index (χ0n) is 40.9. The standard InChI is InChI=1S/C57H98O5/c1-4-7-10-13-16-19-22-25-26-27-28-29-30-31-34-37-40-43-46-49-52-60-53-55(62-57(59)51-48-45-42-39-36-33-24-21-18-15-12-9-6-3)54-61-56(58)50-47-44-41-38-35-32-23-20-17-14-11-8-5-2/h8-9,11-12,17-18,20-21,32-33,35-36,41,44,55H,4-7,10,13-16,19,22-31,34,37-40,42-43,45-54H2,1-3H3/b11-8-,12-9-,20-17-,21-18-,35-32-,36-33-,44-41-. The zero-order valence-corrected chi connectivity index (χ0v) is 40.9. The van der Waals surface area contributed by atoms with Gasteiger partial charge >= 0.3 is 11.9 Å². The number of unbranched alkanes of at least 4 members (excludes halogenated alkanes) is 22. The highest BCUT2D eigenvalue weighted by Gasteiger charge is 2.17. The van der Waals surface area contributed by atoms with E-state index >= 15 is 0 Å². The van der Waals surface area contributed by atoms with Crippen LogP contribution in [-0.4, -0.2) is 37.9 Å². The molecule has 0 aliphatic rings. The lowest BCUT2D eigenvalue weighted by Gasteiger charge is -2.18. The van der Waals surface area contributed by atoms with Crippen molar-refractivity contribution in [2.24, 2.45) is 0 Å². The van der Waals surface area contributed by atoms with E-state index in [1.165, 1.54) is 116 Å². The highest BCUT2D eigenvalue weighted by Crippen LogP contribution is 2.15. The van der Waals surface area contributed by atoms with Crippen LogP contribution in [0.2, 0.25) is 0 Å². The summed E-state index contributed by atoms with van der Waals surface area (Å²) in [6, 6.07) is 0. The normalized spacial score (nSPS) is 12.9. The van der Waals surface area contributed by atoms with Crippen LogP contribution in [-0.2, 0) is 23.8 Å². The first-order valence-electron chi connectivity index (χ1n) is 26.1. The first kappa shape index (κ1) is 59.1. The summed E-state index contributed by atoms with van der Waals surface area (Å²) < 4.78 is 17.3. The molecule has 5 heteroatoms. The highest BCUT2D eigenvalue weighted by atomic mass is 16.6. The molecule has 1 atom stereocenters. The van der Waals surface area contributed by atoms with Crippen LogP contribution in [0.3, 0.4) is 0 Å². The molecular weight excluding hydrogens is 765 g/mol. The van der Waals surface area contributed by atoms with Crippen LogP contribution in [0.4, 0.5) is 0 Å². The van der Waals surface area contributed by atoms with Crippen molar-refractivity contribution in [1.82, 2.24) is 0 Å². The topological polar surface area (TPSA) is 61.8 Å². The number of allylic oxidation sites excluding steroid dienone is 14. The molecule has 0 aliphatic carbocycles. The summed E-state index contributed by atoms with van der Waals surface area (Å²) in [5.41, 5.74) is 0. The fourth-order valence-corrected chi connectivity index (χ4v) is 7.13. The Balaban J connectivity index is 4.30. The van der Waals surface area contributed by atoms with Crippen LogP contribution in [0.1, 0.15) is 239 Å². The number of esters is 2. The van der Waals surface area contributed by atoms with Gasteiger partial charge in [-0.15, -0.1) is 0 Å². The van der Waals surface area contributed by atoms with Gasteiger partial charge in [0.25, 0.3) is 0 Å². The van der Waals surface area contributed by atoms with Crippen molar-refractivity contribution in [3.8, 4) is 0 Å². The smallest absolute Gasteiger partial charge is 0.306 e. The van der Waals surface area contributed by atoms with Crippen molar-refractivity contribution in [3.63, 3.8) is 0 Å². The summed E-state index contributed by atoms with van der Waals surface area (Å²) in [6.07, 6.45) is 69.1. The molecule has 356 valence electrons. The quantitative estimate of drug-likeness (QED) is 0.0346. The van der Waals surface area contributed by atoms with Gasteiger partial charge in [0.05, 0.1) is 6.61 Å². The molecule has 5 nitrogen and oxygen atoms in total. The third-order valence-electron chi connectivity index (χ3n) is 10.9. The van der Waals surface area contributed by atoms with E-state index in [0.717, 1.165) is 83.5 Å². The summed E-state index contributed by atoms with van der Waals surface area (Å²) in [5.74, 6) is -0.523. The van der Waals surface area contributed by atoms with Crippen LogP contribution in [0, 0.1) is 0 Å². The molecule has 0 heterocycles. The molecular formula is C57H98O5. The van der Waals surface area contributed by atoms with E-state index in [2.05, 4.69) is 99.8 Å². The molecule has 0 saturated carbocycles. The maximum atomic E-state index is 12.8. The van der Waals surface area contributed by atoms with Gasteiger partial charge in [0.2, 0.25) is 0 Å². The molecule has 0 rings (SSSR count). The van der Waals surface area contributed by atoms with E-state index in [4.69, 9.17) is 14.2 Å². The van der Waals surface area contributed by atoms with E-state index in [1.54, 1.807) is 0 Å². The van der Waals surface area contributed by atoms with Crippen molar-refractivity contribution < 1.29 is 23.8 Å². The lowest BCUT2D eigenvalue weighted by atomic mass is 10.0. The first-order valence-corrected chi connectivity index (χ1v) is 26.1. The van der Waals surface area contributed by atoms with E-state index in [-0.39, 0.29) is 25.2 Å². The number of carbonyl (C=O) groups is 2. The van der Waals surface area contributed by atoms with Gasteiger partial charge in [0, 0.05) is 19.4 Å². The van der Waals surface area contributed by atoms with E-state index < -0.39 is 6.10 Å². The molecule has 0 amide bonds. The van der Waals surface area contributed by atoms with Gasteiger partial charge < -0.3 is 14.2 Å². The summed E-state index contributed by atoms with van der Waals surface area (Å²) >= 11 is 0. The Hall–Kier alpha value is -2.92. The maximum Gasteiger partial charge on any atom is 0.306 e. The number of rotatable bonds is 47. The van der Waals surface area contributed by atoms with Crippen LogP contribution in [0.5, 0.6) is 0 Å². The predicted molar refractivity (Wildman–Crippen MR) is 270 cm³/mol. The van der Waals surface area contributed by atoms with Crippen molar-refractivity contribution in [2.75, 3.05) is 19.8 Å². The zero-order chi connectivity index (χ0) is 44.9. The molecule has 0 aromatic heterocycles. The van der Waals surface area contributed by atoms with Crippen molar-refractivity contribution >= 4 is 11.9 Å². The molecule has 0 aliphatic heterocycles. The number of ether oxygens (including phenoxy) is 3. The van der Waals surface area contributed by atoms with Gasteiger partial charge in [0.15, 0.2) is 6.10 Å². The average molecular weight is 863 g/mol. The minimum atomic E-state index is -0.581. The maximum absolute atomic E-state index is 12.8. The predicted octanol–water partition coefficient (Wildman–Crippen LogP) is 17.7. The van der Waals surface area contributed by atoms with E-state index in [9.17, 15) is 9.59 Å². The molecule has 1 unspecified atom stereocenters. The average Bonchev–Trinajstić information content (AvgIpc) is 3.27. The largest absolute Gasteiger partial charge is 0.462 e. The van der Waals surface area contributed by atoms with Crippen LogP contribution >= 0.6 is 0 Å². The van der Waals surface area contributed by atoms with Gasteiger partial charge in [-0.05, 0) is 77.0 Å². The van der Waals surface area contributed by atoms with Crippen molar-refractivity contribution in [1.29, 1.82) is 0 Å². The third-order valence-corrected chi connectivity index (χ3v) is 10.9. The molecule has 0 aromatic rings. The summed E-state index contributed by atoms with van der Waals surface area (Å²) in [5, 5.41) is 0. The van der Waals surface area contributed by atoms with Gasteiger partial charge in [-0.25, -0.2) is 0 Å². The lowest BCUT2D eigenvalue weighted by Crippen LogP contribution is -2.30. The Bertz CT molecular complexity index is 1160. The highest BCUT2D eigenvalue weighted by molar-refractivity contribution is 5.70. The second kappa shape index (κ2) is 52.4. The Kier molecular flexibility index (Phi) is 50.0. The molecule has 0 N–H and O–H groups in total. The summed E-state index contributed by atoms with van der Waals surface area (Å²) in [7, 11) is 0. The first-order chi connectivity index (χ1) is 30.6. The fraction of sp³-hybridized carbons (Fsp3) is 0.719. The molecule has 0 aromatic carbocycles. The van der Waals surface area contributed by atoms with Crippen molar-refractivity contribution in [3.05, 3.63) is 85.1 Å². The monoisotopic (exact) mass is 863 g/mol. The summed E-state index contributed by atoms with van der Waals surface area (Å²) in [4.78, 5) is 25.3. The van der Waals surface area contributed by atoms with Crippen LogP contribution in [0.25, 0.3) is 0 Å². The Morgan fingerprint density at radius 3 is 1.21 bits per heavy atom. The molecule has 0 saturated heterocycles. The fourth-order valence-electron chi connectivity index (χ4n) is 7.13. The third kappa shape index (κ3) is 49.7. The number of hydrogen-bond acceptors (Lipinski definition) is 5. The molecule has 0 spiro atoms. The van der Waals surface area contributed by atoms with Gasteiger partial charge in [0.1, 0.15) is 6.61 Å². The van der Waals surface area contributed by atoms with E-state index in [0.29, 0.717) is 25.9 Å². The van der Waals surface area contributed by atoms with Crippen LogP contribution < -0.4 is 0 Å². The van der Waals surface area contributed by atoms with Crippen LogP contribution in [0.15, 0.2) is 85.1 Å². The Morgan fingerprint density at radius 2 is 0.758 bits per heavy atom. The molecule has 0 bridgehead atoms. The Morgan fingerprint density at radius 1 is 0.371 bits per heavy atom. The second-order valence-electron chi connectivity index (χ2n) is 17.0. The van der Waals surface area contributed by atoms with Gasteiger partial charge in [-0.2, -0.15) is 0 Å².